The minimum absolute atomic E-state index is 0.130. The SMILES string of the molecule is C=CCN(CC)CCc1c[nH]c2cc(OC(=O)C(C)C)ccc12. The smallest absolute Gasteiger partial charge is 0.313 e. The Labute approximate surface area is 138 Å². The standard InChI is InChI=1S/C19H26N2O2/c1-5-10-21(6-2)11-9-15-13-20-18-12-16(7-8-17(15)18)23-19(22)14(3)4/h5,7-8,12-14,20H,1,6,9-11H2,2-4H3. The molecule has 0 atom stereocenters. The Hall–Kier alpha value is -2.07. The molecule has 1 aromatic heterocycles. The number of ether oxygens (including phenoxy) is 1. The molecule has 0 aliphatic carbocycles. The number of carbonyl (C=O) groups excluding carboxylic acids is 1. The second kappa shape index (κ2) is 7.97. The summed E-state index contributed by atoms with van der Waals surface area (Å²) in [6.45, 7) is 12.5. The summed E-state index contributed by atoms with van der Waals surface area (Å²) in [6.07, 6.45) is 4.96. The Kier molecular flexibility index (Phi) is 5.99. The van der Waals surface area contributed by atoms with E-state index in [0.717, 1.165) is 31.6 Å². The zero-order valence-corrected chi connectivity index (χ0v) is 14.3. The number of hydrogen-bond acceptors (Lipinski definition) is 3. The Morgan fingerprint density at radius 3 is 2.87 bits per heavy atom. The summed E-state index contributed by atoms with van der Waals surface area (Å²) < 4.78 is 5.36. The Morgan fingerprint density at radius 1 is 1.43 bits per heavy atom. The lowest BCUT2D eigenvalue weighted by Gasteiger charge is -2.17. The van der Waals surface area contributed by atoms with Crippen LogP contribution in [0.5, 0.6) is 5.75 Å². The zero-order chi connectivity index (χ0) is 16.8. The maximum absolute atomic E-state index is 11.7. The van der Waals surface area contributed by atoms with E-state index in [1.54, 1.807) is 0 Å². The average Bonchev–Trinajstić information content (AvgIpc) is 2.93. The van der Waals surface area contributed by atoms with Crippen LogP contribution in [-0.2, 0) is 11.2 Å². The first-order valence-corrected chi connectivity index (χ1v) is 8.20. The number of rotatable bonds is 8. The van der Waals surface area contributed by atoms with Gasteiger partial charge in [0.15, 0.2) is 0 Å². The van der Waals surface area contributed by atoms with Gasteiger partial charge in [0.25, 0.3) is 0 Å². The largest absolute Gasteiger partial charge is 0.426 e. The number of esters is 1. The van der Waals surface area contributed by atoms with E-state index in [4.69, 9.17) is 4.74 Å². The number of fused-ring (bicyclic) bond motifs is 1. The first-order valence-electron chi connectivity index (χ1n) is 8.20. The van der Waals surface area contributed by atoms with Gasteiger partial charge in [0.1, 0.15) is 5.75 Å². The molecule has 0 spiro atoms. The van der Waals surface area contributed by atoms with Crippen LogP contribution in [0.25, 0.3) is 10.9 Å². The number of aromatic nitrogens is 1. The van der Waals surface area contributed by atoms with Gasteiger partial charge in [-0.1, -0.05) is 26.8 Å². The molecule has 4 nitrogen and oxygen atoms in total. The molecule has 0 saturated carbocycles. The Morgan fingerprint density at radius 2 is 2.22 bits per heavy atom. The number of H-pyrrole nitrogens is 1. The van der Waals surface area contributed by atoms with E-state index in [-0.39, 0.29) is 11.9 Å². The van der Waals surface area contributed by atoms with Crippen LogP contribution in [0.4, 0.5) is 0 Å². The lowest BCUT2D eigenvalue weighted by molar-refractivity contribution is -0.137. The number of nitrogens with zero attached hydrogens (tertiary/aromatic N) is 1. The van der Waals surface area contributed by atoms with Gasteiger partial charge < -0.3 is 9.72 Å². The van der Waals surface area contributed by atoms with Crippen molar-refractivity contribution in [3.63, 3.8) is 0 Å². The summed E-state index contributed by atoms with van der Waals surface area (Å²) in [4.78, 5) is 17.3. The highest BCUT2D eigenvalue weighted by Gasteiger charge is 2.11. The summed E-state index contributed by atoms with van der Waals surface area (Å²) in [6, 6.07) is 5.77. The highest BCUT2D eigenvalue weighted by molar-refractivity contribution is 5.85. The van der Waals surface area contributed by atoms with Gasteiger partial charge in [-0.2, -0.15) is 0 Å². The van der Waals surface area contributed by atoms with Crippen LogP contribution in [0.3, 0.4) is 0 Å². The molecular formula is C19H26N2O2. The van der Waals surface area contributed by atoms with Crippen molar-refractivity contribution in [3.05, 3.63) is 42.6 Å². The van der Waals surface area contributed by atoms with Crippen LogP contribution in [0.1, 0.15) is 26.3 Å². The molecule has 0 aliphatic heterocycles. The predicted molar refractivity (Wildman–Crippen MR) is 94.8 cm³/mol. The molecule has 1 N–H and O–H groups in total. The van der Waals surface area contributed by atoms with Crippen LogP contribution in [0.2, 0.25) is 0 Å². The molecule has 23 heavy (non-hydrogen) atoms. The number of likely N-dealkylation sites (N-methyl/N-ethyl adjacent to an activating group) is 1. The van der Waals surface area contributed by atoms with Crippen molar-refractivity contribution in [1.29, 1.82) is 0 Å². The molecule has 0 saturated heterocycles. The molecule has 0 fully saturated rings. The van der Waals surface area contributed by atoms with Crippen molar-refractivity contribution < 1.29 is 9.53 Å². The fourth-order valence-electron chi connectivity index (χ4n) is 2.51. The van der Waals surface area contributed by atoms with Crippen LogP contribution < -0.4 is 4.74 Å². The third kappa shape index (κ3) is 4.45. The lowest BCUT2D eigenvalue weighted by atomic mass is 10.1. The van der Waals surface area contributed by atoms with Gasteiger partial charge in [0.05, 0.1) is 5.92 Å². The number of carbonyl (C=O) groups is 1. The number of benzene rings is 1. The van der Waals surface area contributed by atoms with Crippen molar-refractivity contribution in [2.24, 2.45) is 5.92 Å². The van der Waals surface area contributed by atoms with Crippen molar-refractivity contribution >= 4 is 16.9 Å². The van der Waals surface area contributed by atoms with E-state index >= 15 is 0 Å². The predicted octanol–water partition coefficient (Wildman–Crippen LogP) is 3.78. The van der Waals surface area contributed by atoms with Gasteiger partial charge in [-0.05, 0) is 30.7 Å². The van der Waals surface area contributed by atoms with E-state index in [1.165, 1.54) is 10.9 Å². The van der Waals surface area contributed by atoms with Crippen LogP contribution >= 0.6 is 0 Å². The maximum Gasteiger partial charge on any atom is 0.313 e. The average molecular weight is 314 g/mol. The molecule has 0 unspecified atom stereocenters. The summed E-state index contributed by atoms with van der Waals surface area (Å²) in [5.41, 5.74) is 2.28. The van der Waals surface area contributed by atoms with E-state index in [9.17, 15) is 4.79 Å². The molecule has 0 amide bonds. The molecule has 4 heteroatoms. The molecule has 2 rings (SSSR count). The van der Waals surface area contributed by atoms with Gasteiger partial charge in [0.2, 0.25) is 0 Å². The Bertz CT molecular complexity index is 673. The van der Waals surface area contributed by atoms with E-state index in [0.29, 0.717) is 5.75 Å². The molecule has 124 valence electrons. The second-order valence-electron chi connectivity index (χ2n) is 6.03. The van der Waals surface area contributed by atoms with Crippen molar-refractivity contribution in [3.8, 4) is 5.75 Å². The van der Waals surface area contributed by atoms with Crippen LogP contribution in [0.15, 0.2) is 37.1 Å². The van der Waals surface area contributed by atoms with Crippen molar-refractivity contribution in [2.75, 3.05) is 19.6 Å². The summed E-state index contributed by atoms with van der Waals surface area (Å²) >= 11 is 0. The fraction of sp³-hybridized carbons (Fsp3) is 0.421. The normalized spacial score (nSPS) is 11.3. The van der Waals surface area contributed by atoms with Crippen molar-refractivity contribution in [1.82, 2.24) is 9.88 Å². The Balaban J connectivity index is 2.09. The first kappa shape index (κ1) is 17.3. The van der Waals surface area contributed by atoms with E-state index in [2.05, 4.69) is 23.4 Å². The third-order valence-corrected chi connectivity index (χ3v) is 3.96. The fourth-order valence-corrected chi connectivity index (χ4v) is 2.51. The van der Waals surface area contributed by atoms with Gasteiger partial charge in [-0.15, -0.1) is 6.58 Å². The third-order valence-electron chi connectivity index (χ3n) is 3.96. The topological polar surface area (TPSA) is 45.3 Å². The van der Waals surface area contributed by atoms with Gasteiger partial charge >= 0.3 is 5.97 Å². The molecule has 0 bridgehead atoms. The van der Waals surface area contributed by atoms with E-state index < -0.39 is 0 Å². The molecule has 0 radical (unpaired) electrons. The molecule has 2 aromatic rings. The molecule has 0 aliphatic rings. The number of nitrogens with one attached hydrogen (secondary N) is 1. The number of aromatic amines is 1. The van der Waals surface area contributed by atoms with Crippen LogP contribution in [0, 0.1) is 5.92 Å². The van der Waals surface area contributed by atoms with E-state index in [1.807, 2.05) is 44.3 Å². The maximum atomic E-state index is 11.7. The molecule has 1 heterocycles. The highest BCUT2D eigenvalue weighted by atomic mass is 16.5. The molecule has 1 aromatic carbocycles. The zero-order valence-electron chi connectivity index (χ0n) is 14.3. The highest BCUT2D eigenvalue weighted by Crippen LogP contribution is 2.24. The first-order chi connectivity index (χ1) is 11.0. The second-order valence-corrected chi connectivity index (χ2v) is 6.03. The number of hydrogen-bond donors (Lipinski definition) is 1. The van der Waals surface area contributed by atoms with Gasteiger partial charge in [-0.3, -0.25) is 9.69 Å². The minimum atomic E-state index is -0.209. The monoisotopic (exact) mass is 314 g/mol. The summed E-state index contributed by atoms with van der Waals surface area (Å²) in [5.74, 6) is 0.250. The quantitative estimate of drug-likeness (QED) is 0.458. The van der Waals surface area contributed by atoms with Crippen molar-refractivity contribution in [2.45, 2.75) is 27.2 Å². The lowest BCUT2D eigenvalue weighted by Crippen LogP contribution is -2.25. The van der Waals surface area contributed by atoms with Crippen LogP contribution in [-0.4, -0.2) is 35.5 Å². The summed E-state index contributed by atoms with van der Waals surface area (Å²) in [7, 11) is 0. The van der Waals surface area contributed by atoms with Gasteiger partial charge in [-0.25, -0.2) is 0 Å². The summed E-state index contributed by atoms with van der Waals surface area (Å²) in [5, 5.41) is 1.18. The minimum Gasteiger partial charge on any atom is -0.426 e. The molecular weight excluding hydrogens is 288 g/mol. The van der Waals surface area contributed by atoms with Gasteiger partial charge in [0, 0.05) is 36.3 Å².